The van der Waals surface area contributed by atoms with E-state index in [-0.39, 0.29) is 20.1 Å². The van der Waals surface area contributed by atoms with Crippen LogP contribution in [0.1, 0.15) is 37.2 Å². The zero-order chi connectivity index (χ0) is 27.5. The van der Waals surface area contributed by atoms with Crippen LogP contribution in [-0.4, -0.2) is 18.0 Å². The second-order valence-corrected chi connectivity index (χ2v) is 16.6. The van der Waals surface area contributed by atoms with Crippen LogP contribution in [0.3, 0.4) is 0 Å². The molecule has 3 aromatic carbocycles. The van der Waals surface area contributed by atoms with Gasteiger partial charge in [0, 0.05) is 46.0 Å². The van der Waals surface area contributed by atoms with Crippen LogP contribution in [0, 0.1) is 12.1 Å². The molecule has 0 aliphatic heterocycles. The number of furan rings is 1. The van der Waals surface area contributed by atoms with E-state index in [4.69, 9.17) is 4.42 Å². The van der Waals surface area contributed by atoms with Gasteiger partial charge in [-0.05, 0) is 48.3 Å². The van der Waals surface area contributed by atoms with Crippen molar-refractivity contribution in [2.45, 2.75) is 51.2 Å². The SMILES string of the molecule is C[Si](C)(C)c1c[c-]c(-c2ccccn2)c2oc3ccccc3c12.[Ir].[c-]1ccccc1-c1cc(C2CCCC2)ccn1. The number of hydrogen-bond donors (Lipinski definition) is 0. The topological polar surface area (TPSA) is 38.9 Å². The molecule has 209 valence electrons. The summed E-state index contributed by atoms with van der Waals surface area (Å²) in [7, 11) is -1.51. The molecule has 3 nitrogen and oxygen atoms in total. The fourth-order valence-electron chi connectivity index (χ4n) is 5.72. The summed E-state index contributed by atoms with van der Waals surface area (Å²) >= 11 is 0. The monoisotopic (exact) mass is 731 g/mol. The van der Waals surface area contributed by atoms with Crippen molar-refractivity contribution in [1.29, 1.82) is 0 Å². The van der Waals surface area contributed by atoms with Crippen LogP contribution in [0.2, 0.25) is 19.6 Å². The number of nitrogens with zero attached hydrogens (tertiary/aromatic N) is 2. The molecule has 1 fully saturated rings. The van der Waals surface area contributed by atoms with Gasteiger partial charge in [0.1, 0.15) is 5.58 Å². The molecular weight excluding hydrogens is 697 g/mol. The fraction of sp³-hybridized carbons (Fsp3) is 0.222. The molecule has 0 N–H and O–H groups in total. The molecule has 0 spiro atoms. The van der Waals surface area contributed by atoms with E-state index in [2.05, 4.69) is 78.1 Å². The van der Waals surface area contributed by atoms with Crippen molar-refractivity contribution in [3.8, 4) is 22.5 Å². The zero-order valence-corrected chi connectivity index (χ0v) is 27.2. The summed E-state index contributed by atoms with van der Waals surface area (Å²) < 4.78 is 6.22. The van der Waals surface area contributed by atoms with Crippen molar-refractivity contribution in [3.05, 3.63) is 115 Å². The van der Waals surface area contributed by atoms with Gasteiger partial charge < -0.3 is 14.4 Å². The van der Waals surface area contributed by atoms with Crippen molar-refractivity contribution in [1.82, 2.24) is 9.97 Å². The van der Waals surface area contributed by atoms with Crippen LogP contribution in [0.15, 0.2) is 102 Å². The Morgan fingerprint density at radius 1 is 0.805 bits per heavy atom. The standard InChI is InChI=1S/C20H18NOSi.C16H16N.Ir/c1-23(2,3)18-12-11-14(16-9-6-7-13-21-16)20-19(18)15-8-4-5-10-17(15)22-20;1-2-8-14(9-3-1)16-12-15(10-11-17-16)13-6-4-5-7-13;/h4-10,12-13H,1-3H3;1-3,8,10-13H,4-7H2;/q2*-1;. The van der Waals surface area contributed by atoms with E-state index in [1.807, 2.05) is 60.9 Å². The van der Waals surface area contributed by atoms with Gasteiger partial charge in [0.2, 0.25) is 0 Å². The number of hydrogen-bond acceptors (Lipinski definition) is 3. The van der Waals surface area contributed by atoms with Crippen LogP contribution in [0.5, 0.6) is 0 Å². The molecule has 7 rings (SSSR count). The number of rotatable bonds is 4. The van der Waals surface area contributed by atoms with E-state index in [0.29, 0.717) is 0 Å². The fourth-order valence-corrected chi connectivity index (χ4v) is 7.23. The first-order valence-corrected chi connectivity index (χ1v) is 17.7. The molecule has 0 saturated heterocycles. The quantitative estimate of drug-likeness (QED) is 0.134. The molecule has 0 bridgehead atoms. The normalized spacial score (nSPS) is 13.5. The molecule has 41 heavy (non-hydrogen) atoms. The molecule has 0 atom stereocenters. The summed E-state index contributed by atoms with van der Waals surface area (Å²) in [5.41, 5.74) is 7.27. The minimum Gasteiger partial charge on any atom is -0.501 e. The summed E-state index contributed by atoms with van der Waals surface area (Å²) in [5, 5.41) is 3.81. The van der Waals surface area contributed by atoms with E-state index < -0.39 is 8.07 Å². The van der Waals surface area contributed by atoms with Crippen LogP contribution >= 0.6 is 0 Å². The smallest absolute Gasteiger partial charge is 0.120 e. The van der Waals surface area contributed by atoms with Crippen LogP contribution in [0.4, 0.5) is 0 Å². The molecule has 1 aliphatic rings. The second-order valence-electron chi connectivity index (χ2n) is 11.6. The van der Waals surface area contributed by atoms with Gasteiger partial charge in [-0.15, -0.1) is 53.2 Å². The van der Waals surface area contributed by atoms with Gasteiger partial charge in [0.05, 0.1) is 5.58 Å². The molecule has 5 heteroatoms. The number of benzene rings is 3. The minimum absolute atomic E-state index is 0. The molecule has 6 aromatic rings. The van der Waals surface area contributed by atoms with E-state index in [1.165, 1.54) is 47.2 Å². The molecule has 1 saturated carbocycles. The average Bonchev–Trinajstić information content (AvgIpc) is 3.67. The van der Waals surface area contributed by atoms with Crippen LogP contribution in [0.25, 0.3) is 44.5 Å². The third-order valence-corrected chi connectivity index (χ3v) is 9.79. The number of fused-ring (bicyclic) bond motifs is 3. The Morgan fingerprint density at radius 3 is 2.29 bits per heavy atom. The van der Waals surface area contributed by atoms with Crippen molar-refractivity contribution in [3.63, 3.8) is 0 Å². The van der Waals surface area contributed by atoms with Crippen LogP contribution in [-0.2, 0) is 20.1 Å². The first-order chi connectivity index (χ1) is 19.5. The Hall–Kier alpha value is -3.37. The van der Waals surface area contributed by atoms with Gasteiger partial charge in [-0.3, -0.25) is 0 Å². The summed E-state index contributed by atoms with van der Waals surface area (Å²) in [4.78, 5) is 8.93. The largest absolute Gasteiger partial charge is 0.501 e. The van der Waals surface area contributed by atoms with Crippen molar-refractivity contribution in [2.24, 2.45) is 0 Å². The number of pyridine rings is 2. The first-order valence-electron chi connectivity index (χ1n) is 14.2. The number of para-hydroxylation sites is 1. The third-order valence-electron chi connectivity index (χ3n) is 7.78. The first kappa shape index (κ1) is 29.1. The van der Waals surface area contributed by atoms with E-state index in [0.717, 1.165) is 39.6 Å². The zero-order valence-electron chi connectivity index (χ0n) is 23.8. The predicted molar refractivity (Wildman–Crippen MR) is 168 cm³/mol. The van der Waals surface area contributed by atoms with Gasteiger partial charge in [-0.25, -0.2) is 0 Å². The van der Waals surface area contributed by atoms with E-state index in [1.54, 1.807) is 0 Å². The second kappa shape index (κ2) is 12.6. The third kappa shape index (κ3) is 6.28. The van der Waals surface area contributed by atoms with Gasteiger partial charge in [-0.2, -0.15) is 0 Å². The summed E-state index contributed by atoms with van der Waals surface area (Å²) in [5.74, 6) is 0.750. The predicted octanol–water partition coefficient (Wildman–Crippen LogP) is 9.20. The molecule has 3 heterocycles. The molecule has 0 amide bonds. The summed E-state index contributed by atoms with van der Waals surface area (Å²) in [6.45, 7) is 7.08. The van der Waals surface area contributed by atoms with Crippen molar-refractivity contribution >= 4 is 35.2 Å². The Labute approximate surface area is 257 Å². The van der Waals surface area contributed by atoms with Crippen molar-refractivity contribution in [2.75, 3.05) is 0 Å². The van der Waals surface area contributed by atoms with E-state index in [9.17, 15) is 0 Å². The molecule has 1 radical (unpaired) electrons. The average molecular weight is 731 g/mol. The Balaban J connectivity index is 0.000000168. The maximum Gasteiger partial charge on any atom is 0.120 e. The maximum atomic E-state index is 6.22. The van der Waals surface area contributed by atoms with Crippen molar-refractivity contribution < 1.29 is 24.5 Å². The Kier molecular flexibility index (Phi) is 8.99. The minimum atomic E-state index is -1.51. The Morgan fingerprint density at radius 2 is 1.56 bits per heavy atom. The molecule has 3 aromatic heterocycles. The van der Waals surface area contributed by atoms with Gasteiger partial charge in [0.25, 0.3) is 0 Å². The Bertz CT molecular complexity index is 1740. The number of aromatic nitrogens is 2. The molecule has 0 unspecified atom stereocenters. The molecular formula is C36H34IrN2OSi-2. The van der Waals surface area contributed by atoms with Gasteiger partial charge >= 0.3 is 0 Å². The summed E-state index contributed by atoms with van der Waals surface area (Å²) in [6.07, 6.45) is 9.16. The van der Waals surface area contributed by atoms with E-state index >= 15 is 0 Å². The maximum absolute atomic E-state index is 6.22. The van der Waals surface area contributed by atoms with Crippen LogP contribution < -0.4 is 5.19 Å². The van der Waals surface area contributed by atoms with Gasteiger partial charge in [-0.1, -0.05) is 85.4 Å². The van der Waals surface area contributed by atoms with Gasteiger partial charge in [0.15, 0.2) is 0 Å². The molecule has 1 aliphatic carbocycles. The summed E-state index contributed by atoms with van der Waals surface area (Å²) in [6, 6.07) is 35.5.